The molecule has 0 aliphatic carbocycles. The largest absolute Gasteiger partial charge is 0.380 e. The third-order valence-electron chi connectivity index (χ3n) is 4.34. The summed E-state index contributed by atoms with van der Waals surface area (Å²) >= 11 is 0. The Bertz CT molecular complexity index is 446. The zero-order chi connectivity index (χ0) is 17.6. The zero-order valence-corrected chi connectivity index (χ0v) is 18.3. The van der Waals surface area contributed by atoms with Crippen molar-refractivity contribution < 1.29 is 9.53 Å². The van der Waals surface area contributed by atoms with E-state index in [0.29, 0.717) is 6.54 Å². The molecule has 0 bridgehead atoms. The number of aliphatic imine (C=N–C) groups is 1. The molecule has 0 saturated carbocycles. The smallest absolute Gasteiger partial charge is 0.234 e. The van der Waals surface area contributed by atoms with Crippen LogP contribution in [0.2, 0.25) is 0 Å². The highest BCUT2D eigenvalue weighted by Gasteiger charge is 2.33. The number of carbonyl (C=O) groups excluding carboxylic acids is 1. The first-order chi connectivity index (χ1) is 11.4. The molecule has 0 aromatic rings. The van der Waals surface area contributed by atoms with Gasteiger partial charge in [-0.15, -0.1) is 24.0 Å². The minimum Gasteiger partial charge on any atom is -0.380 e. The lowest BCUT2D eigenvalue weighted by Gasteiger charge is -2.39. The Labute approximate surface area is 169 Å². The van der Waals surface area contributed by atoms with Gasteiger partial charge in [0.25, 0.3) is 0 Å². The number of piperazine rings is 1. The standard InChI is InChI=1S/C17H33N5O2.HI/c1-5-18-16(19-11-17(4)12-24-13-17)22-8-6-21(7-9-22)10-15(23)20-14(2)3;/h14H,5-13H2,1-4H3,(H,18,19)(H,20,23);1H. The third-order valence-corrected chi connectivity index (χ3v) is 4.34. The summed E-state index contributed by atoms with van der Waals surface area (Å²) in [6.07, 6.45) is 0. The Kier molecular flexibility index (Phi) is 9.44. The van der Waals surface area contributed by atoms with Gasteiger partial charge in [-0.1, -0.05) is 6.92 Å². The molecule has 0 aromatic heterocycles. The first-order valence-electron chi connectivity index (χ1n) is 9.04. The van der Waals surface area contributed by atoms with E-state index in [4.69, 9.17) is 9.73 Å². The van der Waals surface area contributed by atoms with Crippen molar-refractivity contribution >= 4 is 35.8 Å². The van der Waals surface area contributed by atoms with Gasteiger partial charge in [0.05, 0.1) is 26.3 Å². The lowest BCUT2D eigenvalue weighted by Crippen LogP contribution is -2.54. The van der Waals surface area contributed by atoms with Crippen LogP contribution < -0.4 is 10.6 Å². The molecule has 0 radical (unpaired) electrons. The summed E-state index contributed by atoms with van der Waals surface area (Å²) < 4.78 is 5.31. The minimum atomic E-state index is 0. The molecule has 25 heavy (non-hydrogen) atoms. The highest BCUT2D eigenvalue weighted by Crippen LogP contribution is 2.26. The maximum Gasteiger partial charge on any atom is 0.234 e. The van der Waals surface area contributed by atoms with Gasteiger partial charge in [-0.2, -0.15) is 0 Å². The Morgan fingerprint density at radius 2 is 1.88 bits per heavy atom. The Morgan fingerprint density at radius 1 is 1.24 bits per heavy atom. The maximum atomic E-state index is 11.9. The van der Waals surface area contributed by atoms with Crippen LogP contribution in [0.5, 0.6) is 0 Å². The molecule has 2 aliphatic rings. The Hall–Kier alpha value is -0.610. The van der Waals surface area contributed by atoms with Crippen LogP contribution in [0.3, 0.4) is 0 Å². The van der Waals surface area contributed by atoms with E-state index in [1.807, 2.05) is 13.8 Å². The monoisotopic (exact) mass is 467 g/mol. The molecular weight excluding hydrogens is 433 g/mol. The van der Waals surface area contributed by atoms with Crippen molar-refractivity contribution in [2.75, 3.05) is 59.0 Å². The molecule has 2 rings (SSSR count). The van der Waals surface area contributed by atoms with Gasteiger partial charge in [-0.05, 0) is 20.8 Å². The first kappa shape index (κ1) is 22.4. The summed E-state index contributed by atoms with van der Waals surface area (Å²) in [5, 5.41) is 6.34. The summed E-state index contributed by atoms with van der Waals surface area (Å²) in [6, 6.07) is 0.197. The molecule has 0 spiro atoms. The van der Waals surface area contributed by atoms with Crippen molar-refractivity contribution in [1.29, 1.82) is 0 Å². The average Bonchev–Trinajstić information content (AvgIpc) is 2.49. The molecule has 7 nitrogen and oxygen atoms in total. The van der Waals surface area contributed by atoms with Gasteiger partial charge in [0, 0.05) is 44.2 Å². The van der Waals surface area contributed by atoms with Crippen molar-refractivity contribution in [1.82, 2.24) is 20.4 Å². The van der Waals surface area contributed by atoms with E-state index < -0.39 is 0 Å². The average molecular weight is 467 g/mol. The van der Waals surface area contributed by atoms with Crippen molar-refractivity contribution in [3.05, 3.63) is 0 Å². The van der Waals surface area contributed by atoms with Gasteiger partial charge in [0.15, 0.2) is 5.96 Å². The number of ether oxygens (including phenoxy) is 1. The van der Waals surface area contributed by atoms with Crippen LogP contribution in [0.1, 0.15) is 27.7 Å². The zero-order valence-electron chi connectivity index (χ0n) is 16.0. The molecule has 1 amide bonds. The number of guanidine groups is 1. The molecule has 2 aliphatic heterocycles. The SMILES string of the molecule is CCNC(=NCC1(C)COC1)N1CCN(CC(=O)NC(C)C)CC1.I. The number of halogens is 1. The van der Waals surface area contributed by atoms with Gasteiger partial charge in [-0.25, -0.2) is 0 Å². The summed E-state index contributed by atoms with van der Waals surface area (Å²) in [5.74, 6) is 1.09. The van der Waals surface area contributed by atoms with Crippen LogP contribution in [-0.4, -0.2) is 86.7 Å². The molecule has 0 aromatic carbocycles. The number of carbonyl (C=O) groups is 1. The van der Waals surface area contributed by atoms with Gasteiger partial charge in [-0.3, -0.25) is 14.7 Å². The van der Waals surface area contributed by atoms with Gasteiger partial charge in [0.2, 0.25) is 5.91 Å². The number of hydrogen-bond donors (Lipinski definition) is 2. The van der Waals surface area contributed by atoms with E-state index in [2.05, 4.69) is 34.3 Å². The quantitative estimate of drug-likeness (QED) is 0.343. The van der Waals surface area contributed by atoms with E-state index in [1.54, 1.807) is 0 Å². The van der Waals surface area contributed by atoms with Crippen LogP contribution in [0.4, 0.5) is 0 Å². The number of nitrogens with one attached hydrogen (secondary N) is 2. The number of rotatable bonds is 6. The maximum absolute atomic E-state index is 11.9. The highest BCUT2D eigenvalue weighted by atomic mass is 127. The predicted octanol–water partition coefficient (Wildman–Crippen LogP) is 0.749. The van der Waals surface area contributed by atoms with E-state index >= 15 is 0 Å². The molecule has 2 saturated heterocycles. The van der Waals surface area contributed by atoms with Crippen molar-refractivity contribution in [2.24, 2.45) is 10.4 Å². The van der Waals surface area contributed by atoms with Gasteiger partial charge < -0.3 is 20.3 Å². The lowest BCUT2D eigenvalue weighted by atomic mass is 9.89. The lowest BCUT2D eigenvalue weighted by molar-refractivity contribution is -0.123. The molecule has 2 fully saturated rings. The number of hydrogen-bond acceptors (Lipinski definition) is 4. The summed E-state index contributed by atoms with van der Waals surface area (Å²) in [5.41, 5.74) is 0.192. The molecule has 2 N–H and O–H groups in total. The van der Waals surface area contributed by atoms with Gasteiger partial charge in [0.1, 0.15) is 0 Å². The topological polar surface area (TPSA) is 69.2 Å². The van der Waals surface area contributed by atoms with Crippen LogP contribution in [0.15, 0.2) is 4.99 Å². The van der Waals surface area contributed by atoms with E-state index in [9.17, 15) is 4.79 Å². The third kappa shape index (κ3) is 7.26. The second-order valence-corrected chi connectivity index (χ2v) is 7.46. The van der Waals surface area contributed by atoms with Crippen molar-refractivity contribution in [2.45, 2.75) is 33.7 Å². The van der Waals surface area contributed by atoms with Crippen LogP contribution in [-0.2, 0) is 9.53 Å². The molecule has 2 heterocycles. The number of amides is 1. The van der Waals surface area contributed by atoms with E-state index in [1.165, 1.54) is 0 Å². The fraction of sp³-hybridized carbons (Fsp3) is 0.882. The fourth-order valence-electron chi connectivity index (χ4n) is 2.92. The summed E-state index contributed by atoms with van der Waals surface area (Å²) in [4.78, 5) is 21.2. The molecule has 146 valence electrons. The van der Waals surface area contributed by atoms with E-state index in [-0.39, 0.29) is 41.3 Å². The Balaban J connectivity index is 0.00000312. The molecule has 8 heteroatoms. The minimum absolute atomic E-state index is 0. The molecular formula is C17H34IN5O2. The highest BCUT2D eigenvalue weighted by molar-refractivity contribution is 14.0. The van der Waals surface area contributed by atoms with Crippen molar-refractivity contribution in [3.63, 3.8) is 0 Å². The van der Waals surface area contributed by atoms with Crippen molar-refractivity contribution in [3.8, 4) is 0 Å². The molecule has 0 atom stereocenters. The van der Waals surface area contributed by atoms with E-state index in [0.717, 1.165) is 58.4 Å². The number of nitrogens with zero attached hydrogens (tertiary/aromatic N) is 3. The Morgan fingerprint density at radius 3 is 2.36 bits per heavy atom. The van der Waals surface area contributed by atoms with Gasteiger partial charge >= 0.3 is 0 Å². The second-order valence-electron chi connectivity index (χ2n) is 7.46. The summed E-state index contributed by atoms with van der Waals surface area (Å²) in [6.45, 7) is 15.6. The molecule has 0 unspecified atom stereocenters. The fourth-order valence-corrected chi connectivity index (χ4v) is 2.92. The van der Waals surface area contributed by atoms with Crippen LogP contribution in [0, 0.1) is 5.41 Å². The van der Waals surface area contributed by atoms with Crippen LogP contribution >= 0.6 is 24.0 Å². The first-order valence-corrected chi connectivity index (χ1v) is 9.04. The van der Waals surface area contributed by atoms with Crippen LogP contribution in [0.25, 0.3) is 0 Å². The summed E-state index contributed by atoms with van der Waals surface area (Å²) in [7, 11) is 0. The second kappa shape index (κ2) is 10.5. The predicted molar refractivity (Wildman–Crippen MR) is 112 cm³/mol. The normalized spacial score (nSPS) is 20.7.